The van der Waals surface area contributed by atoms with Gasteiger partial charge < -0.3 is 5.73 Å². The van der Waals surface area contributed by atoms with Crippen LogP contribution in [0.25, 0.3) is 0 Å². The zero-order valence-electron chi connectivity index (χ0n) is 12.5. The number of hydrogen-bond acceptors (Lipinski definition) is 1. The molecule has 0 aliphatic heterocycles. The van der Waals surface area contributed by atoms with Gasteiger partial charge in [-0.3, -0.25) is 0 Å². The predicted octanol–water partition coefficient (Wildman–Crippen LogP) is 5.08. The van der Waals surface area contributed by atoms with Crippen molar-refractivity contribution in [3.8, 4) is 0 Å². The van der Waals surface area contributed by atoms with Crippen molar-refractivity contribution in [2.24, 2.45) is 5.73 Å². The molecule has 1 nitrogen and oxygen atoms in total. The van der Waals surface area contributed by atoms with E-state index in [4.69, 9.17) is 17.3 Å². The lowest BCUT2D eigenvalue weighted by Crippen LogP contribution is -1.94. The van der Waals surface area contributed by atoms with E-state index in [9.17, 15) is 0 Å². The smallest absolute Gasteiger partial charge is 0.0441 e. The second-order valence-corrected chi connectivity index (χ2v) is 5.35. The molecule has 2 N–H and O–H groups in total. The molecule has 0 fully saturated rings. The highest BCUT2D eigenvalue weighted by Crippen LogP contribution is 2.18. The Morgan fingerprint density at radius 3 is 1.64 bits per heavy atom. The molecule has 0 aliphatic rings. The molecule has 0 radical (unpaired) electrons. The van der Waals surface area contributed by atoms with Crippen LogP contribution in [0, 0.1) is 0 Å². The fourth-order valence-electron chi connectivity index (χ4n) is 2.07. The summed E-state index contributed by atoms with van der Waals surface area (Å²) in [7, 11) is 0. The van der Waals surface area contributed by atoms with Gasteiger partial charge in [0.15, 0.2) is 0 Å². The highest BCUT2D eigenvalue weighted by atomic mass is 35.5. The first-order valence-corrected chi connectivity index (χ1v) is 7.68. The SMILES string of the molecule is Clc1ccccc1Cc1ccccc1.NCc1ccccc1. The van der Waals surface area contributed by atoms with Crippen LogP contribution >= 0.6 is 11.6 Å². The summed E-state index contributed by atoms with van der Waals surface area (Å²) in [5.74, 6) is 0. The number of hydrogen-bond donors (Lipinski definition) is 1. The lowest BCUT2D eigenvalue weighted by molar-refractivity contribution is 1.07. The Hall–Kier alpha value is -2.09. The number of benzene rings is 3. The Morgan fingerprint density at radius 1 is 0.636 bits per heavy atom. The largest absolute Gasteiger partial charge is 0.326 e. The summed E-state index contributed by atoms with van der Waals surface area (Å²) in [6.45, 7) is 0.640. The Balaban J connectivity index is 0.000000188. The van der Waals surface area contributed by atoms with E-state index in [1.807, 2.05) is 66.7 Å². The zero-order chi connectivity index (χ0) is 15.6. The van der Waals surface area contributed by atoms with Crippen LogP contribution in [-0.4, -0.2) is 0 Å². The van der Waals surface area contributed by atoms with Gasteiger partial charge in [0.2, 0.25) is 0 Å². The Kier molecular flexibility index (Phi) is 6.69. The van der Waals surface area contributed by atoms with Gasteiger partial charge in [0, 0.05) is 11.6 Å². The van der Waals surface area contributed by atoms with Crippen LogP contribution < -0.4 is 5.73 Å². The Bertz CT molecular complexity index is 666. The monoisotopic (exact) mass is 309 g/mol. The van der Waals surface area contributed by atoms with E-state index < -0.39 is 0 Å². The molecular formula is C20H20ClN. The highest BCUT2D eigenvalue weighted by Gasteiger charge is 1.99. The van der Waals surface area contributed by atoms with Crippen LogP contribution in [0.5, 0.6) is 0 Å². The number of rotatable bonds is 3. The second kappa shape index (κ2) is 9.04. The van der Waals surface area contributed by atoms with E-state index >= 15 is 0 Å². The Morgan fingerprint density at radius 2 is 1.14 bits per heavy atom. The third-order valence-corrected chi connectivity index (χ3v) is 3.64. The van der Waals surface area contributed by atoms with E-state index in [-0.39, 0.29) is 0 Å². The van der Waals surface area contributed by atoms with Gasteiger partial charge in [-0.05, 0) is 29.2 Å². The average molecular weight is 310 g/mol. The minimum Gasteiger partial charge on any atom is -0.326 e. The van der Waals surface area contributed by atoms with Gasteiger partial charge >= 0.3 is 0 Å². The zero-order valence-corrected chi connectivity index (χ0v) is 13.2. The van der Waals surface area contributed by atoms with Crippen LogP contribution in [0.2, 0.25) is 5.02 Å². The maximum Gasteiger partial charge on any atom is 0.0441 e. The summed E-state index contributed by atoms with van der Waals surface area (Å²) in [6, 6.07) is 28.3. The maximum atomic E-state index is 6.07. The van der Waals surface area contributed by atoms with Gasteiger partial charge in [-0.25, -0.2) is 0 Å². The molecule has 0 saturated carbocycles. The normalized spacial score (nSPS) is 9.73. The fourth-order valence-corrected chi connectivity index (χ4v) is 2.27. The molecule has 0 amide bonds. The van der Waals surface area contributed by atoms with Gasteiger partial charge in [0.05, 0.1) is 0 Å². The number of halogens is 1. The van der Waals surface area contributed by atoms with Crippen molar-refractivity contribution in [3.63, 3.8) is 0 Å². The molecule has 0 saturated heterocycles. The molecule has 0 heterocycles. The molecule has 3 aromatic carbocycles. The maximum absolute atomic E-state index is 6.07. The van der Waals surface area contributed by atoms with E-state index in [1.54, 1.807) is 0 Å². The highest BCUT2D eigenvalue weighted by molar-refractivity contribution is 6.31. The molecular weight excluding hydrogens is 290 g/mol. The predicted molar refractivity (Wildman–Crippen MR) is 95.0 cm³/mol. The molecule has 0 bridgehead atoms. The average Bonchev–Trinajstić information content (AvgIpc) is 2.59. The lowest BCUT2D eigenvalue weighted by atomic mass is 10.1. The molecule has 3 aromatic rings. The minimum absolute atomic E-state index is 0.640. The molecule has 2 heteroatoms. The molecule has 22 heavy (non-hydrogen) atoms. The summed E-state index contributed by atoms with van der Waals surface area (Å²) >= 11 is 6.07. The van der Waals surface area contributed by atoms with E-state index in [2.05, 4.69) is 18.2 Å². The van der Waals surface area contributed by atoms with Crippen molar-refractivity contribution in [2.45, 2.75) is 13.0 Å². The van der Waals surface area contributed by atoms with Crippen molar-refractivity contribution in [1.82, 2.24) is 0 Å². The van der Waals surface area contributed by atoms with Gasteiger partial charge in [-0.2, -0.15) is 0 Å². The van der Waals surface area contributed by atoms with E-state index in [0.29, 0.717) is 6.54 Å². The van der Waals surface area contributed by atoms with Crippen LogP contribution in [0.1, 0.15) is 16.7 Å². The van der Waals surface area contributed by atoms with Crippen molar-refractivity contribution < 1.29 is 0 Å². The molecule has 0 aliphatic carbocycles. The van der Waals surface area contributed by atoms with Gasteiger partial charge in [-0.1, -0.05) is 90.5 Å². The third-order valence-electron chi connectivity index (χ3n) is 3.27. The van der Waals surface area contributed by atoms with Gasteiger partial charge in [-0.15, -0.1) is 0 Å². The van der Waals surface area contributed by atoms with Crippen LogP contribution in [0.3, 0.4) is 0 Å². The lowest BCUT2D eigenvalue weighted by Gasteiger charge is -2.03. The summed E-state index contributed by atoms with van der Waals surface area (Å²) in [5.41, 5.74) is 9.01. The number of nitrogens with two attached hydrogens (primary N) is 1. The van der Waals surface area contributed by atoms with Crippen molar-refractivity contribution in [2.75, 3.05) is 0 Å². The Labute approximate surface area is 137 Å². The van der Waals surface area contributed by atoms with Gasteiger partial charge in [0.1, 0.15) is 0 Å². The molecule has 0 unspecified atom stereocenters. The second-order valence-electron chi connectivity index (χ2n) is 4.94. The molecule has 3 rings (SSSR count). The molecule has 112 valence electrons. The first-order valence-electron chi connectivity index (χ1n) is 7.31. The first-order chi connectivity index (χ1) is 10.8. The van der Waals surface area contributed by atoms with Crippen molar-refractivity contribution in [3.05, 3.63) is 107 Å². The van der Waals surface area contributed by atoms with Gasteiger partial charge in [0.25, 0.3) is 0 Å². The molecule has 0 spiro atoms. The summed E-state index contributed by atoms with van der Waals surface area (Å²) < 4.78 is 0. The minimum atomic E-state index is 0.640. The molecule has 0 atom stereocenters. The van der Waals surface area contributed by atoms with Crippen LogP contribution in [0.4, 0.5) is 0 Å². The van der Waals surface area contributed by atoms with Crippen LogP contribution in [-0.2, 0) is 13.0 Å². The van der Waals surface area contributed by atoms with E-state index in [1.165, 1.54) is 16.7 Å². The standard InChI is InChI=1S/C13H11Cl.C7H9N/c14-13-9-5-4-8-12(13)10-11-6-2-1-3-7-11;8-6-7-4-2-1-3-5-7/h1-9H,10H2;1-5H,6,8H2. The summed E-state index contributed by atoms with van der Waals surface area (Å²) in [4.78, 5) is 0. The topological polar surface area (TPSA) is 26.0 Å². The summed E-state index contributed by atoms with van der Waals surface area (Å²) in [5, 5.41) is 0.844. The first kappa shape index (κ1) is 16.3. The van der Waals surface area contributed by atoms with E-state index in [0.717, 1.165) is 11.4 Å². The molecule has 0 aromatic heterocycles. The quantitative estimate of drug-likeness (QED) is 0.717. The van der Waals surface area contributed by atoms with Crippen molar-refractivity contribution in [1.29, 1.82) is 0 Å². The fraction of sp³-hybridized carbons (Fsp3) is 0.100. The third kappa shape index (κ3) is 5.36. The van der Waals surface area contributed by atoms with Crippen LogP contribution in [0.15, 0.2) is 84.9 Å². The summed E-state index contributed by atoms with van der Waals surface area (Å²) in [6.07, 6.45) is 0.903. The van der Waals surface area contributed by atoms with Crippen molar-refractivity contribution >= 4 is 11.6 Å².